The molecule has 0 bridgehead atoms. The number of allylic oxidation sites excluding steroid dienone is 8. The van der Waals surface area contributed by atoms with Gasteiger partial charge in [-0.05, 0) is 120 Å². The zero-order chi connectivity index (χ0) is 45.3. The van der Waals surface area contributed by atoms with Crippen molar-refractivity contribution < 1.29 is 0 Å². The Balaban J connectivity index is 1.09. The van der Waals surface area contributed by atoms with Gasteiger partial charge in [-0.2, -0.15) is 0 Å². The van der Waals surface area contributed by atoms with Gasteiger partial charge in [0, 0.05) is 34.1 Å². The second-order valence-corrected chi connectivity index (χ2v) is 22.0. The Morgan fingerprint density at radius 3 is 1.82 bits per heavy atom. The van der Waals surface area contributed by atoms with Crippen LogP contribution in [0.5, 0.6) is 0 Å². The van der Waals surface area contributed by atoms with Crippen molar-refractivity contribution in [2.75, 3.05) is 9.80 Å². The van der Waals surface area contributed by atoms with E-state index in [-0.39, 0.29) is 31.0 Å². The molecule has 6 aliphatic rings. The summed E-state index contributed by atoms with van der Waals surface area (Å²) >= 11 is 0. The molecule has 0 spiro atoms. The van der Waals surface area contributed by atoms with Crippen LogP contribution in [0.15, 0.2) is 205 Å². The predicted octanol–water partition coefficient (Wildman–Crippen LogP) is 11.6. The van der Waals surface area contributed by atoms with E-state index >= 15 is 0 Å². The Bertz CT molecular complexity index is 3290. The molecule has 0 amide bonds. The maximum absolute atomic E-state index is 2.70. The summed E-state index contributed by atoms with van der Waals surface area (Å²) in [4.78, 5) is 5.36. The van der Waals surface area contributed by atoms with Gasteiger partial charge in [-0.15, -0.1) is 0 Å². The minimum atomic E-state index is 0.0198. The van der Waals surface area contributed by atoms with Crippen LogP contribution in [0.2, 0.25) is 5.82 Å². The van der Waals surface area contributed by atoms with E-state index in [2.05, 4.69) is 239 Å². The van der Waals surface area contributed by atoms with Crippen molar-refractivity contribution in [1.29, 1.82) is 0 Å². The molecule has 2 unspecified atom stereocenters. The predicted molar refractivity (Wildman–Crippen MR) is 290 cm³/mol. The molecule has 2 atom stereocenters. The highest BCUT2D eigenvalue weighted by atomic mass is 15.2. The van der Waals surface area contributed by atoms with Crippen molar-refractivity contribution in [3.63, 3.8) is 0 Å². The first-order valence-corrected chi connectivity index (χ1v) is 24.7. The monoisotopic (exact) mass is 860 g/mol. The highest BCUT2D eigenvalue weighted by molar-refractivity contribution is 7.01. The van der Waals surface area contributed by atoms with E-state index in [0.29, 0.717) is 11.7 Å². The average molecular weight is 861 g/mol. The summed E-state index contributed by atoms with van der Waals surface area (Å²) in [5, 5.41) is 0. The first-order valence-electron chi connectivity index (χ1n) is 24.7. The molecule has 0 N–H and O–H groups in total. The van der Waals surface area contributed by atoms with Crippen molar-refractivity contribution in [1.82, 2.24) is 0 Å². The molecule has 2 nitrogen and oxygen atoms in total. The molecule has 4 aliphatic heterocycles. The lowest BCUT2D eigenvalue weighted by molar-refractivity contribution is 0.293. The van der Waals surface area contributed by atoms with E-state index in [0.717, 1.165) is 12.8 Å². The van der Waals surface area contributed by atoms with Crippen LogP contribution in [-0.4, -0.2) is 20.1 Å². The second kappa shape index (κ2) is 14.9. The van der Waals surface area contributed by atoms with E-state index < -0.39 is 0 Å². The molecule has 13 rings (SSSR count). The van der Waals surface area contributed by atoms with Gasteiger partial charge in [-0.3, -0.25) is 0 Å². The average Bonchev–Trinajstić information content (AvgIpc) is 3.35. The smallest absolute Gasteiger partial charge is 0.251 e. The van der Waals surface area contributed by atoms with Gasteiger partial charge >= 0.3 is 0 Å². The van der Waals surface area contributed by atoms with Crippen LogP contribution >= 0.6 is 0 Å². The van der Waals surface area contributed by atoms with Gasteiger partial charge in [-0.1, -0.05) is 216 Å². The molecular formula is C62H55B3N2. The highest BCUT2D eigenvalue weighted by Gasteiger charge is 2.53. The van der Waals surface area contributed by atoms with E-state index in [1.54, 1.807) is 0 Å². The summed E-state index contributed by atoms with van der Waals surface area (Å²) in [6.45, 7) is 14.5. The number of anilines is 5. The third kappa shape index (κ3) is 6.19. The summed E-state index contributed by atoms with van der Waals surface area (Å²) in [7, 11) is 0. The van der Waals surface area contributed by atoms with Crippen molar-refractivity contribution in [3.05, 3.63) is 210 Å². The first-order chi connectivity index (χ1) is 32.5. The Kier molecular flexibility index (Phi) is 9.02. The number of benzene rings is 7. The quantitative estimate of drug-likeness (QED) is 0.163. The van der Waals surface area contributed by atoms with Crippen molar-refractivity contribution in [3.8, 4) is 22.3 Å². The molecule has 0 fully saturated rings. The topological polar surface area (TPSA) is 6.48 Å². The van der Waals surface area contributed by atoms with Gasteiger partial charge in [-0.25, -0.2) is 0 Å². The van der Waals surface area contributed by atoms with Gasteiger partial charge in [0.15, 0.2) is 0 Å². The van der Waals surface area contributed by atoms with Crippen LogP contribution < -0.4 is 42.6 Å². The number of hydrogen-bond acceptors (Lipinski definition) is 2. The summed E-state index contributed by atoms with van der Waals surface area (Å²) in [6, 6.07) is 60.6. The Morgan fingerprint density at radius 2 is 1.13 bits per heavy atom. The van der Waals surface area contributed by atoms with Crippen LogP contribution in [0.25, 0.3) is 22.3 Å². The minimum absolute atomic E-state index is 0.0198. The Hall–Kier alpha value is -6.71. The first kappa shape index (κ1) is 40.6. The number of nitrogens with zero attached hydrogens (tertiary/aromatic N) is 2. The largest absolute Gasteiger partial charge is 0.316 e. The standard InChI is InChI=1S/C62H55B3N2/c1-61(2,3)44-28-32-46(33-29-44)63-48-21-13-14-24-54(48)66-56-25-16-26-57-58(56)65(50-23-15-22-49(63)59(50)66)53-39-43(41-19-11-8-12-20-41)38-52-60(53)67(57)55-36-27-42(40-17-9-7-10-18-40)37-51(55)64(52)47-34-30-45(31-35-47)62(4,5)6/h7-21,23-28,30-39,44,49H,22,29H2,1-6H3. The molecule has 0 radical (unpaired) electrons. The lowest BCUT2D eigenvalue weighted by Crippen LogP contribution is -2.65. The molecular weight excluding hydrogens is 805 g/mol. The number of para-hydroxylation sites is 1. The zero-order valence-electron chi connectivity index (χ0n) is 39.6. The fourth-order valence-electron chi connectivity index (χ4n) is 12.8. The zero-order valence-corrected chi connectivity index (χ0v) is 39.6. The molecule has 7 aromatic carbocycles. The highest BCUT2D eigenvalue weighted by Crippen LogP contribution is 2.53. The molecule has 67 heavy (non-hydrogen) atoms. The normalized spacial score (nSPS) is 18.5. The molecule has 0 aromatic heterocycles. The van der Waals surface area contributed by atoms with Crippen molar-refractivity contribution in [2.45, 2.75) is 65.6 Å². The lowest BCUT2D eigenvalue weighted by atomic mass is 9.25. The fraction of sp³-hybridized carbons (Fsp3) is 0.194. The molecule has 5 heteroatoms. The van der Waals surface area contributed by atoms with Crippen LogP contribution in [0.1, 0.15) is 59.9 Å². The van der Waals surface area contributed by atoms with E-state index in [1.807, 2.05) is 0 Å². The Labute approximate surface area is 398 Å². The van der Waals surface area contributed by atoms with Crippen LogP contribution in [0, 0.1) is 11.3 Å². The SMILES string of the molecule is CC(C)(C)c1ccc(B2c3cc(-c4ccccc4)ccc3N3c4cccc5c4B(C4=C6C(CC=C4)B(C4=CCC(C(C)(C)C)C=C4)c4ccccc4N65)c4cc(-c5ccccc5)cc2c43)cc1. The van der Waals surface area contributed by atoms with Gasteiger partial charge in [0.25, 0.3) is 6.71 Å². The van der Waals surface area contributed by atoms with Crippen LogP contribution in [-0.2, 0) is 5.41 Å². The maximum Gasteiger partial charge on any atom is 0.251 e. The molecule has 0 saturated carbocycles. The number of hydrogen-bond donors (Lipinski definition) is 0. The lowest BCUT2D eigenvalue weighted by Gasteiger charge is -2.52. The van der Waals surface area contributed by atoms with Crippen molar-refractivity contribution in [2.24, 2.45) is 11.3 Å². The molecule has 7 aromatic rings. The number of rotatable bonds is 4. The molecule has 4 heterocycles. The number of fused-ring (bicyclic) bond motifs is 8. The van der Waals surface area contributed by atoms with Crippen LogP contribution in [0.4, 0.5) is 28.4 Å². The van der Waals surface area contributed by atoms with Gasteiger partial charge in [0.2, 0.25) is 13.4 Å². The Morgan fingerprint density at radius 1 is 0.507 bits per heavy atom. The van der Waals surface area contributed by atoms with E-state index in [9.17, 15) is 0 Å². The molecule has 2 aliphatic carbocycles. The minimum Gasteiger partial charge on any atom is -0.316 e. The van der Waals surface area contributed by atoms with Gasteiger partial charge in [0.05, 0.1) is 0 Å². The molecule has 0 saturated heterocycles. The van der Waals surface area contributed by atoms with Gasteiger partial charge in [0.1, 0.15) is 0 Å². The summed E-state index contributed by atoms with van der Waals surface area (Å²) < 4.78 is 0. The van der Waals surface area contributed by atoms with Crippen LogP contribution in [0.3, 0.4) is 0 Å². The third-order valence-electron chi connectivity index (χ3n) is 16.2. The van der Waals surface area contributed by atoms with Crippen molar-refractivity contribution >= 4 is 81.4 Å². The fourth-order valence-corrected chi connectivity index (χ4v) is 12.8. The summed E-state index contributed by atoms with van der Waals surface area (Å²) in [5.41, 5.74) is 25.9. The summed E-state index contributed by atoms with van der Waals surface area (Å²) in [6.07, 6.45) is 14.8. The van der Waals surface area contributed by atoms with E-state index in [1.165, 1.54) is 106 Å². The second-order valence-electron chi connectivity index (χ2n) is 22.0. The third-order valence-corrected chi connectivity index (χ3v) is 16.2. The summed E-state index contributed by atoms with van der Waals surface area (Å²) in [5.74, 6) is 0.849. The van der Waals surface area contributed by atoms with E-state index in [4.69, 9.17) is 0 Å². The maximum atomic E-state index is 2.70. The van der Waals surface area contributed by atoms with Gasteiger partial charge < -0.3 is 9.80 Å². The molecule has 322 valence electrons.